The highest BCUT2D eigenvalue weighted by Crippen LogP contribution is 2.26. The van der Waals surface area contributed by atoms with Crippen LogP contribution in [-0.4, -0.2) is 37.5 Å². The lowest BCUT2D eigenvalue weighted by atomic mass is 10.2. The van der Waals surface area contributed by atoms with E-state index in [9.17, 15) is 9.59 Å². The number of aryl methyl sites for hydroxylation is 1. The van der Waals surface area contributed by atoms with Crippen molar-refractivity contribution in [2.24, 2.45) is 0 Å². The van der Waals surface area contributed by atoms with Crippen molar-refractivity contribution in [2.75, 3.05) is 11.1 Å². The molecule has 0 bridgehead atoms. The Bertz CT molecular complexity index is 1130. The summed E-state index contributed by atoms with van der Waals surface area (Å²) in [5, 5.41) is 21.1. The molecular formula is C23H25ClN4O4S. The smallest absolute Gasteiger partial charge is 0.335 e. The van der Waals surface area contributed by atoms with E-state index in [1.165, 1.54) is 35.5 Å². The maximum atomic E-state index is 12.4. The maximum Gasteiger partial charge on any atom is 0.335 e. The zero-order valence-corrected chi connectivity index (χ0v) is 20.1. The number of rotatable bonds is 10. The molecule has 0 aliphatic heterocycles. The summed E-state index contributed by atoms with van der Waals surface area (Å²) in [5.41, 5.74) is 1.52. The van der Waals surface area contributed by atoms with E-state index in [4.69, 9.17) is 21.4 Å². The van der Waals surface area contributed by atoms with Crippen LogP contribution in [0, 0.1) is 0 Å². The topological polar surface area (TPSA) is 106 Å². The molecule has 0 aliphatic carbocycles. The summed E-state index contributed by atoms with van der Waals surface area (Å²) in [6, 6.07) is 12.1. The summed E-state index contributed by atoms with van der Waals surface area (Å²) in [6.07, 6.45) is 0.636. The third-order valence-electron chi connectivity index (χ3n) is 4.89. The minimum Gasteiger partial charge on any atom is -0.483 e. The number of aromatic nitrogens is 3. The van der Waals surface area contributed by atoms with Crippen molar-refractivity contribution in [3.63, 3.8) is 0 Å². The molecule has 1 amide bonds. The van der Waals surface area contributed by atoms with Crippen molar-refractivity contribution in [3.05, 3.63) is 64.4 Å². The van der Waals surface area contributed by atoms with Crippen LogP contribution in [0.4, 0.5) is 5.69 Å². The number of benzene rings is 2. The predicted molar refractivity (Wildman–Crippen MR) is 128 cm³/mol. The largest absolute Gasteiger partial charge is 0.483 e. The Balaban J connectivity index is 1.64. The van der Waals surface area contributed by atoms with Gasteiger partial charge in [-0.2, -0.15) is 0 Å². The number of anilines is 1. The Kier molecular flexibility index (Phi) is 8.35. The molecule has 1 heterocycles. The third-order valence-corrected chi connectivity index (χ3v) is 6.19. The summed E-state index contributed by atoms with van der Waals surface area (Å²) in [6.45, 7) is 6.59. The lowest BCUT2D eigenvalue weighted by molar-refractivity contribution is -0.113. The molecule has 0 radical (unpaired) electrons. The predicted octanol–water partition coefficient (Wildman–Crippen LogP) is 5.08. The van der Waals surface area contributed by atoms with Crippen LogP contribution in [0.3, 0.4) is 0 Å². The second-order valence-corrected chi connectivity index (χ2v) is 8.53. The first-order valence-corrected chi connectivity index (χ1v) is 11.8. The molecule has 10 heteroatoms. The van der Waals surface area contributed by atoms with Gasteiger partial charge < -0.3 is 19.7 Å². The number of aromatic carboxylic acids is 1. The molecule has 3 aromatic rings. The van der Waals surface area contributed by atoms with Gasteiger partial charge in [-0.25, -0.2) is 4.79 Å². The molecule has 33 heavy (non-hydrogen) atoms. The quantitative estimate of drug-likeness (QED) is 0.383. The first-order chi connectivity index (χ1) is 15.8. The number of carboxylic acid groups (broad SMARTS) is 1. The van der Waals surface area contributed by atoms with Crippen LogP contribution in [0.2, 0.25) is 5.02 Å². The number of carbonyl (C=O) groups excluding carboxylic acids is 1. The monoisotopic (exact) mass is 488 g/mol. The van der Waals surface area contributed by atoms with Crippen LogP contribution in [-0.2, 0) is 17.8 Å². The number of ether oxygens (including phenoxy) is 1. The molecule has 1 unspecified atom stereocenters. The van der Waals surface area contributed by atoms with Gasteiger partial charge in [0.25, 0.3) is 0 Å². The van der Waals surface area contributed by atoms with Crippen molar-refractivity contribution in [3.8, 4) is 5.75 Å². The number of halogens is 1. The van der Waals surface area contributed by atoms with Gasteiger partial charge in [-0.15, -0.1) is 10.2 Å². The van der Waals surface area contributed by atoms with Gasteiger partial charge in [0, 0.05) is 6.54 Å². The van der Waals surface area contributed by atoms with Crippen LogP contribution in [0.1, 0.15) is 48.6 Å². The maximum absolute atomic E-state index is 12.4. The van der Waals surface area contributed by atoms with E-state index >= 15 is 0 Å². The van der Waals surface area contributed by atoms with Gasteiger partial charge in [0.05, 0.1) is 22.0 Å². The molecule has 0 saturated heterocycles. The molecule has 0 aliphatic rings. The van der Waals surface area contributed by atoms with Gasteiger partial charge in [0.15, 0.2) is 17.1 Å². The molecule has 8 nitrogen and oxygen atoms in total. The lowest BCUT2D eigenvalue weighted by Gasteiger charge is -2.16. The number of hydrogen-bond donors (Lipinski definition) is 2. The molecule has 1 aromatic heterocycles. The Hall–Kier alpha value is -3.04. The number of amides is 1. The highest BCUT2D eigenvalue weighted by molar-refractivity contribution is 7.99. The average Bonchev–Trinajstić information content (AvgIpc) is 3.22. The van der Waals surface area contributed by atoms with Crippen molar-refractivity contribution >= 4 is 40.9 Å². The molecule has 174 valence electrons. The Labute approximate surface area is 201 Å². The normalized spacial score (nSPS) is 11.8. The van der Waals surface area contributed by atoms with Gasteiger partial charge in [-0.3, -0.25) is 4.79 Å². The highest BCUT2D eigenvalue weighted by Gasteiger charge is 2.20. The van der Waals surface area contributed by atoms with Gasteiger partial charge in [0.2, 0.25) is 5.91 Å². The summed E-state index contributed by atoms with van der Waals surface area (Å²) in [4.78, 5) is 23.6. The Morgan fingerprint density at radius 1 is 1.18 bits per heavy atom. The average molecular weight is 489 g/mol. The fourth-order valence-electron chi connectivity index (χ4n) is 3.14. The third kappa shape index (κ3) is 6.27. The van der Waals surface area contributed by atoms with Crippen molar-refractivity contribution in [2.45, 2.75) is 45.0 Å². The van der Waals surface area contributed by atoms with Crippen LogP contribution in [0.15, 0.2) is 47.6 Å². The molecule has 2 N–H and O–H groups in total. The summed E-state index contributed by atoms with van der Waals surface area (Å²) < 4.78 is 7.93. The standard InChI is InChI=1S/C23H25ClN4O4S/c1-4-15-6-9-17(10-7-15)32-14(3)21-26-27-23(28(21)5-2)33-13-20(29)25-19-12-16(22(30)31)8-11-18(19)24/h6-12,14H,4-5,13H2,1-3H3,(H,25,29)(H,30,31). The van der Waals surface area contributed by atoms with Crippen LogP contribution in [0.5, 0.6) is 5.75 Å². The van der Waals surface area contributed by atoms with E-state index < -0.39 is 5.97 Å². The number of carboxylic acids is 1. The van der Waals surface area contributed by atoms with E-state index in [-0.39, 0.29) is 34.0 Å². The molecule has 1 atom stereocenters. The molecular weight excluding hydrogens is 464 g/mol. The number of hydrogen-bond acceptors (Lipinski definition) is 6. The minimum absolute atomic E-state index is 0.0380. The van der Waals surface area contributed by atoms with Crippen LogP contribution in [0.25, 0.3) is 0 Å². The van der Waals surface area contributed by atoms with Crippen LogP contribution >= 0.6 is 23.4 Å². The molecule has 2 aromatic carbocycles. The molecule has 3 rings (SSSR count). The van der Waals surface area contributed by atoms with Gasteiger partial charge >= 0.3 is 5.97 Å². The number of thioether (sulfide) groups is 1. The number of nitrogens with one attached hydrogen (secondary N) is 1. The summed E-state index contributed by atoms with van der Waals surface area (Å²) in [5.74, 6) is 0.0331. The Morgan fingerprint density at radius 3 is 2.55 bits per heavy atom. The second-order valence-electron chi connectivity index (χ2n) is 7.18. The minimum atomic E-state index is -1.10. The van der Waals surface area contributed by atoms with Crippen molar-refractivity contribution in [1.82, 2.24) is 14.8 Å². The zero-order chi connectivity index (χ0) is 24.0. The highest BCUT2D eigenvalue weighted by atomic mass is 35.5. The number of carbonyl (C=O) groups is 2. The second kappa shape index (κ2) is 11.2. The van der Waals surface area contributed by atoms with Crippen molar-refractivity contribution < 1.29 is 19.4 Å². The number of nitrogens with zero attached hydrogens (tertiary/aromatic N) is 3. The fraction of sp³-hybridized carbons (Fsp3) is 0.304. The fourth-order valence-corrected chi connectivity index (χ4v) is 4.11. The Morgan fingerprint density at radius 2 is 1.91 bits per heavy atom. The lowest BCUT2D eigenvalue weighted by Crippen LogP contribution is -2.16. The SMILES string of the molecule is CCc1ccc(OC(C)c2nnc(SCC(=O)Nc3cc(C(=O)O)ccc3Cl)n2CC)cc1. The summed E-state index contributed by atoms with van der Waals surface area (Å²) in [7, 11) is 0. The van der Waals surface area contributed by atoms with Crippen molar-refractivity contribution in [1.29, 1.82) is 0 Å². The van der Waals surface area contributed by atoms with E-state index in [2.05, 4.69) is 22.4 Å². The van der Waals surface area contributed by atoms with Gasteiger partial charge in [-0.05, 0) is 56.2 Å². The van der Waals surface area contributed by atoms with E-state index in [1.807, 2.05) is 42.7 Å². The molecule has 0 spiro atoms. The molecule has 0 saturated carbocycles. The molecule has 0 fully saturated rings. The van der Waals surface area contributed by atoms with Gasteiger partial charge in [0.1, 0.15) is 5.75 Å². The first-order valence-electron chi connectivity index (χ1n) is 10.5. The zero-order valence-electron chi connectivity index (χ0n) is 18.5. The van der Waals surface area contributed by atoms with E-state index in [1.54, 1.807) is 0 Å². The first kappa shape index (κ1) is 24.6. The van der Waals surface area contributed by atoms with Crippen LogP contribution < -0.4 is 10.1 Å². The van der Waals surface area contributed by atoms with Gasteiger partial charge in [-0.1, -0.05) is 42.4 Å². The van der Waals surface area contributed by atoms with E-state index in [0.29, 0.717) is 17.5 Å². The summed E-state index contributed by atoms with van der Waals surface area (Å²) >= 11 is 7.30. The van der Waals surface area contributed by atoms with E-state index in [0.717, 1.165) is 12.2 Å².